The molecule has 2 aliphatic rings. The first kappa shape index (κ1) is 27.1. The van der Waals surface area contributed by atoms with Gasteiger partial charge in [0, 0.05) is 17.5 Å². The molecule has 206 valence electrons. The van der Waals surface area contributed by atoms with Crippen LogP contribution in [0.5, 0.6) is 0 Å². The van der Waals surface area contributed by atoms with E-state index in [0.717, 1.165) is 73.6 Å². The van der Waals surface area contributed by atoms with Gasteiger partial charge in [-0.25, -0.2) is 9.78 Å². The summed E-state index contributed by atoms with van der Waals surface area (Å²) in [5.41, 5.74) is 4.04. The molecule has 0 unspecified atom stereocenters. The second-order valence-corrected chi connectivity index (χ2v) is 10.5. The van der Waals surface area contributed by atoms with Gasteiger partial charge in [0.05, 0.1) is 47.7 Å². The van der Waals surface area contributed by atoms with Gasteiger partial charge in [-0.15, -0.1) is 9.94 Å². The Morgan fingerprint density at radius 2 is 1.87 bits per heavy atom. The highest BCUT2D eigenvalue weighted by atomic mass is 35.5. The van der Waals surface area contributed by atoms with Crippen LogP contribution in [-0.2, 0) is 24.4 Å². The van der Waals surface area contributed by atoms with Crippen LogP contribution in [0.1, 0.15) is 52.6 Å². The summed E-state index contributed by atoms with van der Waals surface area (Å²) in [4.78, 5) is 26.2. The van der Waals surface area contributed by atoms with E-state index in [1.54, 1.807) is 23.0 Å². The third-order valence-corrected chi connectivity index (χ3v) is 7.74. The lowest BCUT2D eigenvalue weighted by Crippen LogP contribution is -2.35. The summed E-state index contributed by atoms with van der Waals surface area (Å²) in [5, 5.41) is 14.8. The molecular weight excluding hydrogens is 520 g/mol. The number of carboxylic acid groups (broad SMARTS) is 1. The number of rotatable bonds is 9. The van der Waals surface area contributed by atoms with Gasteiger partial charge in [-0.1, -0.05) is 23.7 Å². The van der Waals surface area contributed by atoms with Crippen LogP contribution in [0.2, 0.25) is 5.02 Å². The van der Waals surface area contributed by atoms with Crippen molar-refractivity contribution in [3.63, 3.8) is 0 Å². The predicted molar refractivity (Wildman–Crippen MR) is 147 cm³/mol. The molecule has 2 saturated heterocycles. The molecule has 0 aliphatic carbocycles. The van der Waals surface area contributed by atoms with Gasteiger partial charge < -0.3 is 25.4 Å². The van der Waals surface area contributed by atoms with E-state index in [1.807, 2.05) is 36.5 Å². The van der Waals surface area contributed by atoms with E-state index in [9.17, 15) is 9.90 Å². The highest BCUT2D eigenvalue weighted by molar-refractivity contribution is 6.30. The molecule has 2 aliphatic heterocycles. The molecule has 4 heterocycles. The Morgan fingerprint density at radius 3 is 2.56 bits per heavy atom. The van der Waals surface area contributed by atoms with Gasteiger partial charge in [0.25, 0.3) is 0 Å². The number of benzene rings is 2. The summed E-state index contributed by atoms with van der Waals surface area (Å²) >= 11 is 5.95. The second kappa shape index (κ2) is 11.7. The molecule has 2 fully saturated rings. The molecule has 6 rings (SSSR count). The van der Waals surface area contributed by atoms with Crippen LogP contribution >= 0.6 is 11.6 Å². The first-order valence-corrected chi connectivity index (χ1v) is 13.4. The van der Waals surface area contributed by atoms with E-state index < -0.39 is 5.97 Å². The summed E-state index contributed by atoms with van der Waals surface area (Å²) in [6, 6.07) is 14.8. The fraction of sp³-hybridized carbons (Fsp3) is 0.393. The molecule has 0 bridgehead atoms. The van der Waals surface area contributed by atoms with E-state index in [4.69, 9.17) is 26.2 Å². The zero-order valence-corrected chi connectivity index (χ0v) is 22.5. The number of halogens is 1. The van der Waals surface area contributed by atoms with Crippen LogP contribution in [0, 0.1) is 0 Å². The third-order valence-electron chi connectivity index (χ3n) is 7.49. The monoisotopic (exact) mass is 552 g/mol. The average Bonchev–Trinajstić information content (AvgIpc) is 3.50. The average molecular weight is 553 g/mol. The van der Waals surface area contributed by atoms with Crippen molar-refractivity contribution in [1.82, 2.24) is 30.5 Å². The number of likely N-dealkylation sites (tertiary alicyclic amines) is 1. The van der Waals surface area contributed by atoms with Crippen molar-refractivity contribution in [3.8, 4) is 0 Å². The van der Waals surface area contributed by atoms with Crippen LogP contribution in [0.15, 0.2) is 54.7 Å². The Balaban J connectivity index is 0.00000308. The fourth-order valence-electron chi connectivity index (χ4n) is 5.18. The lowest BCUT2D eigenvalue weighted by atomic mass is 9.94. The van der Waals surface area contributed by atoms with Gasteiger partial charge in [-0.3, -0.25) is 4.90 Å². The SMILES string of the molecule is N.O=C(O)c1ccc2nc(CN3CCC(c4ccn(OCc5ccc(Cl)cc5)n4)CC3)n(C[C@@H]3CCO3)c2c1. The van der Waals surface area contributed by atoms with Crippen molar-refractivity contribution in [2.75, 3.05) is 19.7 Å². The minimum atomic E-state index is -0.930. The number of piperidine rings is 1. The number of nitrogens with zero attached hydrogens (tertiary/aromatic N) is 5. The van der Waals surface area contributed by atoms with Crippen LogP contribution in [0.25, 0.3) is 11.0 Å². The standard InChI is InChI=1S/C28H30ClN5O4.H3N/c29-22-4-1-19(2-5-22)18-38-34-13-9-24(31-34)20-7-11-32(12-8-20)17-27-30-25-6-3-21(28(35)36)15-26(25)33(27)16-23-10-14-37-23;/h1-6,9,13,15,20,23H,7-8,10-12,14,16-18H2,(H,35,36);1H3/t23-;/m0./s1. The number of aromatic nitrogens is 4. The Labute approximate surface area is 231 Å². The molecule has 11 heteroatoms. The number of carboxylic acids is 1. The quantitative estimate of drug-likeness (QED) is 0.309. The normalized spacial score (nSPS) is 18.0. The van der Waals surface area contributed by atoms with Gasteiger partial charge in [-0.2, -0.15) is 0 Å². The second-order valence-electron chi connectivity index (χ2n) is 10.0. The van der Waals surface area contributed by atoms with E-state index in [-0.39, 0.29) is 17.8 Å². The largest absolute Gasteiger partial charge is 0.478 e. The van der Waals surface area contributed by atoms with Crippen LogP contribution in [0.4, 0.5) is 0 Å². The molecule has 10 nitrogen and oxygen atoms in total. The molecule has 0 radical (unpaired) electrons. The van der Waals surface area contributed by atoms with Crippen LogP contribution in [-0.4, -0.2) is 61.3 Å². The lowest BCUT2D eigenvalue weighted by molar-refractivity contribution is -0.0592. The summed E-state index contributed by atoms with van der Waals surface area (Å²) in [7, 11) is 0. The zero-order chi connectivity index (χ0) is 26.1. The summed E-state index contributed by atoms with van der Waals surface area (Å²) in [5.74, 6) is 0.407. The van der Waals surface area contributed by atoms with Gasteiger partial charge in [0.2, 0.25) is 0 Å². The van der Waals surface area contributed by atoms with Gasteiger partial charge in [0.1, 0.15) is 12.4 Å². The third kappa shape index (κ3) is 6.09. The molecule has 4 N–H and O–H groups in total. The smallest absolute Gasteiger partial charge is 0.335 e. The van der Waals surface area contributed by atoms with Crippen molar-refractivity contribution in [2.45, 2.75) is 51.0 Å². The minimum absolute atomic E-state index is 0. The van der Waals surface area contributed by atoms with Gasteiger partial charge in [0.15, 0.2) is 0 Å². The highest BCUT2D eigenvalue weighted by Gasteiger charge is 2.26. The van der Waals surface area contributed by atoms with E-state index in [1.165, 1.54) is 0 Å². The number of hydrogen-bond donors (Lipinski definition) is 2. The van der Waals surface area contributed by atoms with Gasteiger partial charge >= 0.3 is 5.97 Å². The first-order chi connectivity index (χ1) is 18.5. The fourth-order valence-corrected chi connectivity index (χ4v) is 5.31. The molecule has 1 atom stereocenters. The molecule has 0 amide bonds. The molecular formula is C28H33ClN6O4. The van der Waals surface area contributed by atoms with Crippen molar-refractivity contribution in [3.05, 3.63) is 82.4 Å². The number of hydrogen-bond acceptors (Lipinski definition) is 7. The topological polar surface area (TPSA) is 130 Å². The van der Waals surface area contributed by atoms with E-state index in [0.29, 0.717) is 24.1 Å². The molecule has 2 aromatic heterocycles. The molecule has 0 saturated carbocycles. The van der Waals surface area contributed by atoms with Crippen LogP contribution in [0.3, 0.4) is 0 Å². The molecule has 0 spiro atoms. The first-order valence-electron chi connectivity index (χ1n) is 13.0. The van der Waals surface area contributed by atoms with Crippen molar-refractivity contribution >= 4 is 28.6 Å². The van der Waals surface area contributed by atoms with Crippen LogP contribution < -0.4 is 11.0 Å². The van der Waals surface area contributed by atoms with Crippen molar-refractivity contribution in [1.29, 1.82) is 0 Å². The van der Waals surface area contributed by atoms with E-state index >= 15 is 0 Å². The molecule has 4 aromatic rings. The zero-order valence-electron chi connectivity index (χ0n) is 21.7. The number of carbonyl (C=O) groups is 1. The Hall–Kier alpha value is -3.44. The number of imidazole rings is 1. The maximum absolute atomic E-state index is 11.5. The summed E-state index contributed by atoms with van der Waals surface area (Å²) in [6.07, 6.45) is 5.04. The Kier molecular flexibility index (Phi) is 8.18. The maximum Gasteiger partial charge on any atom is 0.335 e. The van der Waals surface area contributed by atoms with Crippen molar-refractivity contribution < 1.29 is 19.5 Å². The van der Waals surface area contributed by atoms with E-state index in [2.05, 4.69) is 14.6 Å². The summed E-state index contributed by atoms with van der Waals surface area (Å²) in [6.45, 7) is 4.49. The Bertz CT molecular complexity index is 1420. The number of fused-ring (bicyclic) bond motifs is 1. The number of ether oxygens (including phenoxy) is 1. The maximum atomic E-state index is 11.5. The molecule has 2 aromatic carbocycles. The van der Waals surface area contributed by atoms with Gasteiger partial charge in [-0.05, 0) is 74.3 Å². The highest BCUT2D eigenvalue weighted by Crippen LogP contribution is 2.29. The predicted octanol–water partition coefficient (Wildman–Crippen LogP) is 4.54. The lowest BCUT2D eigenvalue weighted by Gasteiger charge is -2.32. The van der Waals surface area contributed by atoms with Crippen molar-refractivity contribution in [2.24, 2.45) is 0 Å². The minimum Gasteiger partial charge on any atom is -0.478 e. The summed E-state index contributed by atoms with van der Waals surface area (Å²) < 4.78 is 7.83. The Morgan fingerprint density at radius 1 is 1.10 bits per heavy atom. The molecule has 39 heavy (non-hydrogen) atoms. The number of aromatic carboxylic acids is 1.